The van der Waals surface area contributed by atoms with Crippen LogP contribution in [0.4, 0.5) is 0 Å². The van der Waals surface area contributed by atoms with Gasteiger partial charge in [-0.1, -0.05) is 59.7 Å². The summed E-state index contributed by atoms with van der Waals surface area (Å²) >= 11 is 12.3. The van der Waals surface area contributed by atoms with E-state index in [4.69, 9.17) is 23.2 Å². The number of hydrogen-bond donors (Lipinski definition) is 2. The second kappa shape index (κ2) is 4.96. The summed E-state index contributed by atoms with van der Waals surface area (Å²) in [5, 5.41) is 18.6. The predicted molar refractivity (Wildman–Crippen MR) is 76.0 cm³/mol. The maximum absolute atomic E-state index is 11.4. The van der Waals surface area contributed by atoms with Gasteiger partial charge in [0.15, 0.2) is 9.75 Å². The van der Waals surface area contributed by atoms with Gasteiger partial charge < -0.3 is 10.2 Å². The van der Waals surface area contributed by atoms with Gasteiger partial charge in [-0.05, 0) is 23.3 Å². The van der Waals surface area contributed by atoms with Crippen molar-refractivity contribution in [1.82, 2.24) is 0 Å². The molecule has 0 aromatic heterocycles. The van der Waals surface area contributed by atoms with E-state index < -0.39 is 21.7 Å². The topological polar surface area (TPSA) is 74.6 Å². The van der Waals surface area contributed by atoms with Gasteiger partial charge in [-0.3, -0.25) is 0 Å². The molecule has 0 aromatic carbocycles. The Balaban J connectivity index is 2.72. The van der Waals surface area contributed by atoms with Crippen LogP contribution >= 0.6 is 23.2 Å². The van der Waals surface area contributed by atoms with Crippen molar-refractivity contribution in [2.24, 2.45) is 0 Å². The third-order valence-electron chi connectivity index (χ3n) is 3.10. The molecule has 0 saturated carbocycles. The average molecular weight is 313 g/mol. The first-order valence-corrected chi connectivity index (χ1v) is 6.39. The number of aliphatic carboxylic acids is 2. The molecule has 2 aliphatic rings. The molecular formula is C14H10Cl2O4. The lowest BCUT2D eigenvalue weighted by Crippen LogP contribution is -2.40. The van der Waals surface area contributed by atoms with Crippen molar-refractivity contribution in [3.05, 3.63) is 59.8 Å². The molecule has 4 nitrogen and oxygen atoms in total. The summed E-state index contributed by atoms with van der Waals surface area (Å²) in [5.41, 5.74) is 0.263. The minimum atomic E-state index is -1.84. The van der Waals surface area contributed by atoms with Crippen LogP contribution in [0.3, 0.4) is 0 Å². The zero-order valence-electron chi connectivity index (χ0n) is 10.1. The van der Waals surface area contributed by atoms with Crippen LogP contribution in [0.25, 0.3) is 0 Å². The molecule has 0 radical (unpaired) electrons. The smallest absolute Gasteiger partial charge is 0.333 e. The fraction of sp³-hybridized carbons (Fsp3) is 0.143. The van der Waals surface area contributed by atoms with Crippen molar-refractivity contribution in [1.29, 1.82) is 0 Å². The summed E-state index contributed by atoms with van der Waals surface area (Å²) in [4.78, 5) is 19.2. The van der Waals surface area contributed by atoms with Crippen LogP contribution in [0, 0.1) is 0 Å². The van der Waals surface area contributed by atoms with E-state index in [0.717, 1.165) is 0 Å². The summed E-state index contributed by atoms with van der Waals surface area (Å²) in [6.07, 6.45) is 11.6. The van der Waals surface area contributed by atoms with E-state index in [-0.39, 0.29) is 11.1 Å². The molecule has 0 bridgehead atoms. The lowest BCUT2D eigenvalue weighted by molar-refractivity contribution is -0.139. The molecule has 2 rings (SSSR count). The number of carboxylic acids is 2. The number of rotatable bonds is 2. The third-order valence-corrected chi connectivity index (χ3v) is 4.08. The highest BCUT2D eigenvalue weighted by Crippen LogP contribution is 2.41. The van der Waals surface area contributed by atoms with Gasteiger partial charge in [0.05, 0.1) is 0 Å². The van der Waals surface area contributed by atoms with Crippen molar-refractivity contribution in [3.63, 3.8) is 0 Å². The largest absolute Gasteiger partial charge is 0.479 e. The van der Waals surface area contributed by atoms with Crippen LogP contribution in [0.15, 0.2) is 59.8 Å². The second-order valence-corrected chi connectivity index (χ2v) is 5.49. The Hall–Kier alpha value is -1.78. The highest BCUT2D eigenvalue weighted by Gasteiger charge is 2.46. The third kappa shape index (κ3) is 2.11. The maximum atomic E-state index is 11.4. The predicted octanol–water partition coefficient (Wildman–Crippen LogP) is 2.66. The normalized spacial score (nSPS) is 35.3. The molecule has 2 aliphatic carbocycles. The van der Waals surface area contributed by atoms with E-state index in [9.17, 15) is 19.8 Å². The molecule has 0 spiro atoms. The quantitative estimate of drug-likeness (QED) is 0.769. The van der Waals surface area contributed by atoms with Crippen LogP contribution in [0.1, 0.15) is 0 Å². The van der Waals surface area contributed by atoms with Crippen LogP contribution in [-0.4, -0.2) is 31.9 Å². The lowest BCUT2D eigenvalue weighted by atomic mass is 9.82. The van der Waals surface area contributed by atoms with Gasteiger partial charge in [0, 0.05) is 0 Å². The molecule has 0 fully saturated rings. The zero-order chi connectivity index (χ0) is 15.0. The van der Waals surface area contributed by atoms with Gasteiger partial charge in [0.25, 0.3) is 0 Å². The Kier molecular flexibility index (Phi) is 3.63. The summed E-state index contributed by atoms with van der Waals surface area (Å²) in [5.74, 6) is -2.59. The van der Waals surface area contributed by atoms with E-state index in [1.165, 1.54) is 36.5 Å². The van der Waals surface area contributed by atoms with Crippen molar-refractivity contribution < 1.29 is 19.8 Å². The molecule has 6 heteroatoms. The Morgan fingerprint density at radius 1 is 0.800 bits per heavy atom. The zero-order valence-corrected chi connectivity index (χ0v) is 11.6. The van der Waals surface area contributed by atoms with Crippen molar-refractivity contribution in [3.8, 4) is 0 Å². The molecule has 0 saturated heterocycles. The summed E-state index contributed by atoms with van der Waals surface area (Å²) in [7, 11) is 0. The van der Waals surface area contributed by atoms with E-state index in [1.54, 1.807) is 12.2 Å². The van der Waals surface area contributed by atoms with Crippen LogP contribution in [0.5, 0.6) is 0 Å². The molecule has 0 aliphatic heterocycles. The van der Waals surface area contributed by atoms with Crippen molar-refractivity contribution in [2.45, 2.75) is 9.75 Å². The number of allylic oxidation sites excluding steroid dienone is 6. The van der Waals surface area contributed by atoms with Gasteiger partial charge in [-0.15, -0.1) is 0 Å². The van der Waals surface area contributed by atoms with E-state index in [1.807, 2.05) is 0 Å². The maximum Gasteiger partial charge on any atom is 0.333 e. The van der Waals surface area contributed by atoms with Crippen LogP contribution in [-0.2, 0) is 9.59 Å². The van der Waals surface area contributed by atoms with E-state index in [2.05, 4.69) is 0 Å². The monoisotopic (exact) mass is 312 g/mol. The SMILES string of the molecule is O=C(O)C1(Cl)C=CC=C/C1=C1/C=CC=CC1(Cl)C(=O)O. The average Bonchev–Trinajstić information content (AvgIpc) is 2.40. The van der Waals surface area contributed by atoms with Gasteiger partial charge in [0.1, 0.15) is 0 Å². The summed E-state index contributed by atoms with van der Waals surface area (Å²) in [6, 6.07) is 0. The highest BCUT2D eigenvalue weighted by molar-refractivity contribution is 6.40. The summed E-state index contributed by atoms with van der Waals surface area (Å²) in [6.45, 7) is 0. The number of halogens is 2. The minimum Gasteiger partial charge on any atom is -0.479 e. The molecule has 104 valence electrons. The number of alkyl halides is 2. The molecule has 0 amide bonds. The first-order chi connectivity index (χ1) is 9.32. The molecule has 2 N–H and O–H groups in total. The Morgan fingerprint density at radius 2 is 1.15 bits per heavy atom. The van der Waals surface area contributed by atoms with Gasteiger partial charge in [-0.25, -0.2) is 9.59 Å². The van der Waals surface area contributed by atoms with Crippen molar-refractivity contribution in [2.75, 3.05) is 0 Å². The standard InChI is InChI=1S/C14H10Cl2O4/c15-13(11(17)18)7-3-1-5-9(13)10-6-2-4-8-14(10,16)12(19)20/h1-8H,(H,17,18)(H,19,20)/b10-9+. The van der Waals surface area contributed by atoms with Gasteiger partial charge in [0.2, 0.25) is 0 Å². The minimum absolute atomic E-state index is 0.132. The van der Waals surface area contributed by atoms with Gasteiger partial charge in [-0.2, -0.15) is 0 Å². The Morgan fingerprint density at radius 3 is 1.45 bits per heavy atom. The highest BCUT2D eigenvalue weighted by atomic mass is 35.5. The van der Waals surface area contributed by atoms with E-state index in [0.29, 0.717) is 0 Å². The second-order valence-electron chi connectivity index (χ2n) is 4.30. The molecule has 2 unspecified atom stereocenters. The number of hydrogen-bond acceptors (Lipinski definition) is 2. The van der Waals surface area contributed by atoms with Gasteiger partial charge >= 0.3 is 11.9 Å². The molecule has 0 aromatic rings. The molecule has 0 heterocycles. The fourth-order valence-electron chi connectivity index (χ4n) is 2.05. The first-order valence-electron chi connectivity index (χ1n) is 5.64. The lowest BCUT2D eigenvalue weighted by Gasteiger charge is -2.30. The Labute approximate surface area is 125 Å². The van der Waals surface area contributed by atoms with Crippen molar-refractivity contribution >= 4 is 35.1 Å². The van der Waals surface area contributed by atoms with Crippen LogP contribution < -0.4 is 0 Å². The van der Waals surface area contributed by atoms with E-state index >= 15 is 0 Å². The number of carboxylic acid groups (broad SMARTS) is 2. The molecule has 2 atom stereocenters. The number of carbonyl (C=O) groups is 2. The molecule has 20 heavy (non-hydrogen) atoms. The first kappa shape index (κ1) is 14.6. The molecular weight excluding hydrogens is 303 g/mol. The summed E-state index contributed by atoms with van der Waals surface area (Å²) < 4.78 is 0. The Bertz CT molecular complexity index is 573. The fourth-order valence-corrected chi connectivity index (χ4v) is 2.52. The van der Waals surface area contributed by atoms with Crippen LogP contribution in [0.2, 0.25) is 0 Å².